The van der Waals surface area contributed by atoms with Crippen LogP contribution in [0.15, 0.2) is 42.5 Å². The number of fused-ring (bicyclic) bond motifs is 1. The summed E-state index contributed by atoms with van der Waals surface area (Å²) in [6.07, 6.45) is 0.123. The zero-order valence-corrected chi connectivity index (χ0v) is 9.99. The lowest BCUT2D eigenvalue weighted by atomic mass is 9.89. The van der Waals surface area contributed by atoms with E-state index in [1.165, 1.54) is 18.2 Å². The fourth-order valence-electron chi connectivity index (χ4n) is 2.43. The average Bonchev–Trinajstić information content (AvgIpc) is 2.38. The van der Waals surface area contributed by atoms with Gasteiger partial charge in [-0.1, -0.05) is 24.3 Å². The zero-order valence-electron chi connectivity index (χ0n) is 9.99. The standard InChI is InChI=1S/C15H11F2NO/c16-10-5-6-11-9(7-10)8-14(19)18-15(11)12-3-1-2-4-13(12)17/h1-7,15H,8H2,(H,18,19). The Morgan fingerprint density at radius 3 is 2.63 bits per heavy atom. The van der Waals surface area contributed by atoms with Crippen LogP contribution in [0.25, 0.3) is 0 Å². The van der Waals surface area contributed by atoms with Gasteiger partial charge in [0.1, 0.15) is 11.6 Å². The average molecular weight is 259 g/mol. The normalized spacial score (nSPS) is 17.8. The third-order valence-electron chi connectivity index (χ3n) is 3.29. The number of hydrogen-bond acceptors (Lipinski definition) is 1. The number of nitrogens with one attached hydrogen (secondary N) is 1. The Hall–Kier alpha value is -2.23. The lowest BCUT2D eigenvalue weighted by Gasteiger charge is -2.27. The van der Waals surface area contributed by atoms with E-state index >= 15 is 0 Å². The van der Waals surface area contributed by atoms with Gasteiger partial charge in [-0.25, -0.2) is 8.78 Å². The molecule has 96 valence electrons. The van der Waals surface area contributed by atoms with Gasteiger partial charge in [0, 0.05) is 5.56 Å². The highest BCUT2D eigenvalue weighted by molar-refractivity contribution is 5.82. The highest BCUT2D eigenvalue weighted by Gasteiger charge is 2.27. The van der Waals surface area contributed by atoms with Crippen LogP contribution < -0.4 is 5.32 Å². The van der Waals surface area contributed by atoms with Crippen molar-refractivity contribution in [3.63, 3.8) is 0 Å². The summed E-state index contributed by atoms with van der Waals surface area (Å²) in [5.74, 6) is -1.00. The number of benzene rings is 2. The quantitative estimate of drug-likeness (QED) is 0.838. The van der Waals surface area contributed by atoms with Crippen molar-refractivity contribution in [1.29, 1.82) is 0 Å². The zero-order chi connectivity index (χ0) is 13.4. The monoisotopic (exact) mass is 259 g/mol. The lowest BCUT2D eigenvalue weighted by molar-refractivity contribution is -0.121. The Labute approximate surface area is 109 Å². The van der Waals surface area contributed by atoms with Crippen LogP contribution in [0.3, 0.4) is 0 Å². The molecule has 0 aliphatic carbocycles. The minimum atomic E-state index is -0.557. The topological polar surface area (TPSA) is 29.1 Å². The number of carbonyl (C=O) groups excluding carboxylic acids is 1. The van der Waals surface area contributed by atoms with Crippen LogP contribution in [0.5, 0.6) is 0 Å². The first-order valence-corrected chi connectivity index (χ1v) is 5.97. The summed E-state index contributed by atoms with van der Waals surface area (Å²) < 4.78 is 27.1. The van der Waals surface area contributed by atoms with E-state index in [-0.39, 0.29) is 24.0 Å². The number of hydrogen-bond donors (Lipinski definition) is 1. The molecule has 1 aliphatic heterocycles. The first-order valence-electron chi connectivity index (χ1n) is 5.97. The minimum Gasteiger partial charge on any atom is -0.345 e. The predicted octanol–water partition coefficient (Wildman–Crippen LogP) is 2.73. The van der Waals surface area contributed by atoms with Gasteiger partial charge in [0.25, 0.3) is 0 Å². The fourth-order valence-corrected chi connectivity index (χ4v) is 2.43. The molecular formula is C15H11F2NO. The van der Waals surface area contributed by atoms with Gasteiger partial charge < -0.3 is 5.32 Å². The summed E-state index contributed by atoms with van der Waals surface area (Å²) in [5.41, 5.74) is 1.74. The number of amides is 1. The Balaban J connectivity index is 2.14. The predicted molar refractivity (Wildman–Crippen MR) is 66.5 cm³/mol. The number of rotatable bonds is 1. The second-order valence-electron chi connectivity index (χ2n) is 4.54. The Morgan fingerprint density at radius 1 is 1.05 bits per heavy atom. The van der Waals surface area contributed by atoms with Crippen LogP contribution in [0.2, 0.25) is 0 Å². The van der Waals surface area contributed by atoms with E-state index in [2.05, 4.69) is 5.32 Å². The molecule has 0 bridgehead atoms. The summed E-state index contributed by atoms with van der Waals surface area (Å²) in [7, 11) is 0. The van der Waals surface area contributed by atoms with Crippen LogP contribution in [-0.4, -0.2) is 5.91 Å². The maximum absolute atomic E-state index is 13.8. The van der Waals surface area contributed by atoms with E-state index in [9.17, 15) is 13.6 Å². The number of halogens is 2. The minimum absolute atomic E-state index is 0.123. The third-order valence-corrected chi connectivity index (χ3v) is 3.29. The van der Waals surface area contributed by atoms with Gasteiger partial charge in [-0.05, 0) is 29.3 Å². The summed E-state index contributed by atoms with van der Waals surface area (Å²) >= 11 is 0. The molecule has 1 atom stereocenters. The summed E-state index contributed by atoms with van der Waals surface area (Å²) in [4.78, 5) is 11.7. The second-order valence-corrected chi connectivity index (χ2v) is 4.54. The molecule has 0 aromatic heterocycles. The molecular weight excluding hydrogens is 248 g/mol. The molecule has 1 aliphatic rings. The van der Waals surface area contributed by atoms with Crippen LogP contribution in [0.1, 0.15) is 22.7 Å². The van der Waals surface area contributed by atoms with Gasteiger partial charge in [0.2, 0.25) is 5.91 Å². The highest BCUT2D eigenvalue weighted by Crippen LogP contribution is 2.30. The van der Waals surface area contributed by atoms with Crippen molar-refractivity contribution in [2.45, 2.75) is 12.5 Å². The van der Waals surface area contributed by atoms with E-state index in [1.54, 1.807) is 24.3 Å². The molecule has 4 heteroatoms. The lowest BCUT2D eigenvalue weighted by Crippen LogP contribution is -2.36. The molecule has 2 aromatic rings. The van der Waals surface area contributed by atoms with Crippen molar-refractivity contribution in [2.75, 3.05) is 0 Å². The molecule has 0 spiro atoms. The number of carbonyl (C=O) groups is 1. The highest BCUT2D eigenvalue weighted by atomic mass is 19.1. The molecule has 0 saturated heterocycles. The second kappa shape index (κ2) is 4.46. The molecule has 0 radical (unpaired) electrons. The third kappa shape index (κ3) is 2.10. The Bertz CT molecular complexity index is 654. The summed E-state index contributed by atoms with van der Waals surface area (Å²) in [6, 6.07) is 9.97. The van der Waals surface area contributed by atoms with Gasteiger partial charge in [-0.15, -0.1) is 0 Å². The van der Waals surface area contributed by atoms with Gasteiger partial charge in [-0.3, -0.25) is 4.79 Å². The van der Waals surface area contributed by atoms with Crippen LogP contribution in [0.4, 0.5) is 8.78 Å². The van der Waals surface area contributed by atoms with Gasteiger partial charge in [-0.2, -0.15) is 0 Å². The largest absolute Gasteiger partial charge is 0.345 e. The molecule has 2 nitrogen and oxygen atoms in total. The SMILES string of the molecule is O=C1Cc2cc(F)ccc2C(c2ccccc2F)N1. The summed E-state index contributed by atoms with van der Waals surface area (Å²) in [5, 5.41) is 2.75. The van der Waals surface area contributed by atoms with Crippen LogP contribution in [-0.2, 0) is 11.2 Å². The van der Waals surface area contributed by atoms with Crippen LogP contribution in [0, 0.1) is 11.6 Å². The molecule has 19 heavy (non-hydrogen) atoms. The molecule has 2 aromatic carbocycles. The molecule has 1 amide bonds. The van der Waals surface area contributed by atoms with Gasteiger partial charge in [0.05, 0.1) is 12.5 Å². The van der Waals surface area contributed by atoms with Crippen LogP contribution >= 0.6 is 0 Å². The first kappa shape index (κ1) is 11.8. The fraction of sp³-hybridized carbons (Fsp3) is 0.133. The molecule has 0 fully saturated rings. The van der Waals surface area contributed by atoms with Crippen molar-refractivity contribution in [3.05, 3.63) is 70.8 Å². The van der Waals surface area contributed by atoms with E-state index < -0.39 is 6.04 Å². The van der Waals surface area contributed by atoms with E-state index in [4.69, 9.17) is 0 Å². The maximum Gasteiger partial charge on any atom is 0.225 e. The summed E-state index contributed by atoms with van der Waals surface area (Å²) in [6.45, 7) is 0. The molecule has 1 heterocycles. The first-order chi connectivity index (χ1) is 9.15. The molecule has 0 saturated carbocycles. The smallest absolute Gasteiger partial charge is 0.225 e. The van der Waals surface area contributed by atoms with E-state index in [0.717, 1.165) is 5.56 Å². The Morgan fingerprint density at radius 2 is 1.84 bits per heavy atom. The molecule has 3 rings (SSSR count). The molecule has 1 unspecified atom stereocenters. The van der Waals surface area contributed by atoms with E-state index in [0.29, 0.717) is 11.1 Å². The maximum atomic E-state index is 13.8. The molecule has 1 N–H and O–H groups in total. The van der Waals surface area contributed by atoms with E-state index in [1.807, 2.05) is 0 Å². The van der Waals surface area contributed by atoms with Gasteiger partial charge >= 0.3 is 0 Å². The van der Waals surface area contributed by atoms with Crippen molar-refractivity contribution in [2.24, 2.45) is 0 Å². The van der Waals surface area contributed by atoms with Gasteiger partial charge in [0.15, 0.2) is 0 Å². The Kier molecular flexibility index (Phi) is 2.78. The van der Waals surface area contributed by atoms with Crippen molar-refractivity contribution >= 4 is 5.91 Å². The van der Waals surface area contributed by atoms with Crippen molar-refractivity contribution < 1.29 is 13.6 Å². The van der Waals surface area contributed by atoms with Crippen molar-refractivity contribution in [1.82, 2.24) is 5.32 Å². The van der Waals surface area contributed by atoms with Crippen molar-refractivity contribution in [3.8, 4) is 0 Å².